The van der Waals surface area contributed by atoms with Gasteiger partial charge in [0.15, 0.2) is 0 Å². The first-order chi connectivity index (χ1) is 15.0. The van der Waals surface area contributed by atoms with Gasteiger partial charge in [0.05, 0.1) is 6.61 Å². The van der Waals surface area contributed by atoms with Gasteiger partial charge >= 0.3 is 0 Å². The molecule has 0 fully saturated rings. The average molecular weight is 417 g/mol. The summed E-state index contributed by atoms with van der Waals surface area (Å²) in [5, 5.41) is 0. The van der Waals surface area contributed by atoms with Crippen LogP contribution in [0.15, 0.2) is 66.7 Å². The van der Waals surface area contributed by atoms with E-state index in [4.69, 9.17) is 4.74 Å². The minimum Gasteiger partial charge on any atom is -0.493 e. The standard InChI is InChI=1S/C26H28O.2C2H6/c1-18-21-15-16-27-25(21)22(17-23(18)26(2,3)4)24(19-11-7-5-8-12-19)20-13-9-6-10-14-20;2*1-2/h5-14,17,24H,15-16H2,1-4H3;2*1-2H3. The molecule has 0 amide bonds. The molecule has 3 aromatic carbocycles. The van der Waals surface area contributed by atoms with Gasteiger partial charge in [-0.2, -0.15) is 0 Å². The number of benzene rings is 3. The monoisotopic (exact) mass is 416 g/mol. The molecule has 0 aliphatic carbocycles. The van der Waals surface area contributed by atoms with Crippen LogP contribution in [0.25, 0.3) is 0 Å². The maximum absolute atomic E-state index is 6.20. The Morgan fingerprint density at radius 2 is 1.26 bits per heavy atom. The highest BCUT2D eigenvalue weighted by atomic mass is 16.5. The fraction of sp³-hybridized carbons (Fsp3) is 0.400. The topological polar surface area (TPSA) is 9.23 Å². The molecule has 1 aliphatic rings. The lowest BCUT2D eigenvalue weighted by Crippen LogP contribution is -2.16. The molecule has 1 heterocycles. The summed E-state index contributed by atoms with van der Waals surface area (Å²) < 4.78 is 6.20. The van der Waals surface area contributed by atoms with Gasteiger partial charge in [-0.25, -0.2) is 0 Å². The molecule has 166 valence electrons. The lowest BCUT2D eigenvalue weighted by atomic mass is 9.76. The van der Waals surface area contributed by atoms with Crippen LogP contribution in [0.1, 0.15) is 87.8 Å². The molecule has 0 spiro atoms. The summed E-state index contributed by atoms with van der Waals surface area (Å²) in [6.45, 7) is 18.0. The van der Waals surface area contributed by atoms with Crippen LogP contribution in [0.2, 0.25) is 0 Å². The van der Waals surface area contributed by atoms with E-state index in [1.165, 1.54) is 33.4 Å². The zero-order valence-electron chi connectivity index (χ0n) is 20.8. The third-order valence-electron chi connectivity index (χ3n) is 5.68. The Labute approximate surface area is 190 Å². The Morgan fingerprint density at radius 1 is 0.774 bits per heavy atom. The van der Waals surface area contributed by atoms with Crippen LogP contribution in [-0.4, -0.2) is 6.61 Å². The number of ether oxygens (including phenoxy) is 1. The van der Waals surface area contributed by atoms with Crippen LogP contribution in [0.3, 0.4) is 0 Å². The van der Waals surface area contributed by atoms with Crippen molar-refractivity contribution in [1.29, 1.82) is 0 Å². The smallest absolute Gasteiger partial charge is 0.127 e. The van der Waals surface area contributed by atoms with Gasteiger partial charge in [-0.15, -0.1) is 0 Å². The number of hydrogen-bond acceptors (Lipinski definition) is 1. The SMILES string of the molecule is CC.CC.Cc1c(C(C)(C)C)cc(C(c2ccccc2)c2ccccc2)c2c1CCO2. The minimum absolute atomic E-state index is 0.106. The highest BCUT2D eigenvalue weighted by molar-refractivity contribution is 5.59. The zero-order chi connectivity index (χ0) is 23.0. The van der Waals surface area contributed by atoms with Crippen molar-refractivity contribution in [3.8, 4) is 5.75 Å². The van der Waals surface area contributed by atoms with Crippen LogP contribution in [0.5, 0.6) is 5.75 Å². The lowest BCUT2D eigenvalue weighted by Gasteiger charge is -2.28. The van der Waals surface area contributed by atoms with Crippen molar-refractivity contribution < 1.29 is 4.74 Å². The van der Waals surface area contributed by atoms with Crippen LogP contribution in [0.4, 0.5) is 0 Å². The van der Waals surface area contributed by atoms with Crippen LogP contribution >= 0.6 is 0 Å². The molecule has 1 aliphatic heterocycles. The van der Waals surface area contributed by atoms with E-state index in [9.17, 15) is 0 Å². The van der Waals surface area contributed by atoms with Crippen molar-refractivity contribution in [2.24, 2.45) is 0 Å². The summed E-state index contributed by atoms with van der Waals surface area (Å²) in [6, 6.07) is 24.0. The normalized spacial score (nSPS) is 12.2. The third kappa shape index (κ3) is 5.39. The summed E-state index contributed by atoms with van der Waals surface area (Å²) in [7, 11) is 0. The maximum atomic E-state index is 6.20. The first-order valence-corrected chi connectivity index (χ1v) is 11.9. The first-order valence-electron chi connectivity index (χ1n) is 11.9. The molecule has 4 rings (SSSR count). The number of hydrogen-bond donors (Lipinski definition) is 0. The van der Waals surface area contributed by atoms with Gasteiger partial charge in [-0.1, -0.05) is 115 Å². The highest BCUT2D eigenvalue weighted by Crippen LogP contribution is 2.45. The Balaban J connectivity index is 0.000000807. The van der Waals surface area contributed by atoms with Crippen molar-refractivity contribution in [2.45, 2.75) is 73.1 Å². The molecule has 0 saturated heterocycles. The summed E-state index contributed by atoms with van der Waals surface area (Å²) in [4.78, 5) is 0. The molecule has 31 heavy (non-hydrogen) atoms. The molecule has 1 nitrogen and oxygen atoms in total. The van der Waals surface area contributed by atoms with Gasteiger partial charge in [0.1, 0.15) is 5.75 Å². The second-order valence-corrected chi connectivity index (χ2v) is 8.55. The summed E-state index contributed by atoms with van der Waals surface area (Å²) in [6.07, 6.45) is 1.01. The second kappa shape index (κ2) is 11.2. The second-order valence-electron chi connectivity index (χ2n) is 8.55. The van der Waals surface area contributed by atoms with E-state index in [0.29, 0.717) is 0 Å². The van der Waals surface area contributed by atoms with Crippen LogP contribution < -0.4 is 4.74 Å². The van der Waals surface area contributed by atoms with E-state index >= 15 is 0 Å². The maximum Gasteiger partial charge on any atom is 0.127 e. The highest BCUT2D eigenvalue weighted by Gasteiger charge is 2.30. The van der Waals surface area contributed by atoms with Gasteiger partial charge in [0.25, 0.3) is 0 Å². The van der Waals surface area contributed by atoms with Crippen molar-refractivity contribution in [1.82, 2.24) is 0 Å². The molecule has 0 unspecified atom stereocenters. The third-order valence-corrected chi connectivity index (χ3v) is 5.68. The molecule has 3 aromatic rings. The molecule has 1 heteroatoms. The van der Waals surface area contributed by atoms with Gasteiger partial charge in [0.2, 0.25) is 0 Å². The van der Waals surface area contributed by atoms with E-state index in [1.807, 2.05) is 27.7 Å². The van der Waals surface area contributed by atoms with Crippen molar-refractivity contribution in [2.75, 3.05) is 6.61 Å². The molecular formula is C30H40O. The Hall–Kier alpha value is -2.54. The van der Waals surface area contributed by atoms with Gasteiger partial charge in [-0.05, 0) is 34.6 Å². The number of rotatable bonds is 3. The molecule has 0 radical (unpaired) electrons. The average Bonchev–Trinajstić information content (AvgIpc) is 3.30. The Morgan fingerprint density at radius 3 is 1.71 bits per heavy atom. The summed E-state index contributed by atoms with van der Waals surface area (Å²) >= 11 is 0. The van der Waals surface area contributed by atoms with E-state index in [1.54, 1.807) is 0 Å². The summed E-state index contributed by atoms with van der Waals surface area (Å²) in [5.74, 6) is 1.29. The van der Waals surface area contributed by atoms with Crippen LogP contribution in [-0.2, 0) is 11.8 Å². The minimum atomic E-state index is 0.106. The zero-order valence-corrected chi connectivity index (χ0v) is 20.8. The van der Waals surface area contributed by atoms with Crippen LogP contribution in [0, 0.1) is 6.92 Å². The predicted molar refractivity (Wildman–Crippen MR) is 136 cm³/mol. The van der Waals surface area contributed by atoms with Crippen molar-refractivity contribution >= 4 is 0 Å². The van der Waals surface area contributed by atoms with Gasteiger partial charge in [0, 0.05) is 23.5 Å². The largest absolute Gasteiger partial charge is 0.493 e. The molecular weight excluding hydrogens is 376 g/mol. The van der Waals surface area contributed by atoms with Crippen molar-refractivity contribution in [3.05, 3.63) is 100 Å². The number of fused-ring (bicyclic) bond motifs is 1. The van der Waals surface area contributed by atoms with E-state index in [0.717, 1.165) is 18.8 Å². The lowest BCUT2D eigenvalue weighted by molar-refractivity contribution is 0.353. The van der Waals surface area contributed by atoms with Crippen molar-refractivity contribution in [3.63, 3.8) is 0 Å². The Bertz CT molecular complexity index is 894. The van der Waals surface area contributed by atoms with E-state index in [-0.39, 0.29) is 11.3 Å². The Kier molecular flexibility index (Phi) is 8.92. The quantitative estimate of drug-likeness (QED) is 0.389. The van der Waals surface area contributed by atoms with E-state index in [2.05, 4.69) is 94.4 Å². The molecule has 0 bridgehead atoms. The fourth-order valence-corrected chi connectivity index (χ4v) is 4.40. The molecule has 0 aromatic heterocycles. The summed E-state index contributed by atoms with van der Waals surface area (Å²) in [5.41, 5.74) is 8.26. The van der Waals surface area contributed by atoms with E-state index < -0.39 is 0 Å². The first kappa shape index (κ1) is 24.7. The molecule has 0 atom stereocenters. The van der Waals surface area contributed by atoms with Gasteiger partial charge in [-0.3, -0.25) is 0 Å². The predicted octanol–water partition coefficient (Wildman–Crippen LogP) is 8.46. The van der Waals surface area contributed by atoms with Gasteiger partial charge < -0.3 is 4.74 Å². The molecule has 0 N–H and O–H groups in total. The fourth-order valence-electron chi connectivity index (χ4n) is 4.40. The molecule has 0 saturated carbocycles.